The van der Waals surface area contributed by atoms with Crippen LogP contribution >= 0.6 is 23.7 Å². The molecular weight excluding hydrogens is 592 g/mol. The highest BCUT2D eigenvalue weighted by Gasteiger charge is 2.23. The van der Waals surface area contributed by atoms with Crippen molar-refractivity contribution in [3.05, 3.63) is 57.3 Å². The number of aromatic nitrogens is 4. The van der Waals surface area contributed by atoms with Crippen molar-refractivity contribution in [3.8, 4) is 5.75 Å². The Morgan fingerprint density at radius 3 is 2.79 bits per heavy atom. The van der Waals surface area contributed by atoms with E-state index in [2.05, 4.69) is 39.8 Å². The highest BCUT2D eigenvalue weighted by molar-refractivity contribution is 7.09. The molecule has 2 aromatic heterocycles. The second-order valence-corrected chi connectivity index (χ2v) is 11.9. The monoisotopic (exact) mass is 632 g/mol. The van der Waals surface area contributed by atoms with Gasteiger partial charge in [0.15, 0.2) is 0 Å². The molecule has 1 aromatic carbocycles. The molecule has 0 saturated carbocycles. The summed E-state index contributed by atoms with van der Waals surface area (Å²) in [5, 5.41) is 16.6. The number of rotatable bonds is 4. The number of hydrogen-bond acceptors (Lipinski definition) is 9. The maximum Gasteiger partial charge on any atom is 0.273 e. The van der Waals surface area contributed by atoms with Crippen molar-refractivity contribution in [3.63, 3.8) is 0 Å². The van der Waals surface area contributed by atoms with Crippen LogP contribution in [0.1, 0.15) is 83.2 Å². The Bertz CT molecular complexity index is 1390. The van der Waals surface area contributed by atoms with Crippen LogP contribution in [-0.4, -0.2) is 68.3 Å². The molecule has 1 aliphatic rings. The van der Waals surface area contributed by atoms with Gasteiger partial charge in [0.2, 0.25) is 5.91 Å². The molecule has 0 unspecified atom stereocenters. The summed E-state index contributed by atoms with van der Waals surface area (Å²) in [6.07, 6.45) is 3.71. The van der Waals surface area contributed by atoms with Crippen LogP contribution in [-0.2, 0) is 17.9 Å². The Kier molecular flexibility index (Phi) is 12.5. The van der Waals surface area contributed by atoms with Gasteiger partial charge in [0.1, 0.15) is 28.2 Å². The number of fused-ring (bicyclic) bond motifs is 3. The molecule has 0 aliphatic carbocycles. The van der Waals surface area contributed by atoms with Crippen LogP contribution in [0.15, 0.2) is 29.8 Å². The van der Waals surface area contributed by atoms with Gasteiger partial charge in [0.25, 0.3) is 11.8 Å². The first kappa shape index (κ1) is 33.9. The van der Waals surface area contributed by atoms with Gasteiger partial charge in [-0.1, -0.05) is 25.1 Å². The number of nitrogens with one attached hydrogen (secondary N) is 2. The highest BCUT2D eigenvalue weighted by atomic mass is 35.5. The van der Waals surface area contributed by atoms with Crippen molar-refractivity contribution in [1.82, 2.24) is 35.5 Å². The molecule has 0 fully saturated rings. The number of amides is 3. The van der Waals surface area contributed by atoms with Crippen LogP contribution in [0.2, 0.25) is 0 Å². The predicted octanol–water partition coefficient (Wildman–Crippen LogP) is 3.26. The van der Waals surface area contributed by atoms with Crippen LogP contribution in [0, 0.1) is 12.8 Å². The molecule has 4 N–H and O–H groups in total. The summed E-state index contributed by atoms with van der Waals surface area (Å²) in [4.78, 5) is 45.5. The minimum atomic E-state index is -0.760. The van der Waals surface area contributed by atoms with Crippen molar-refractivity contribution in [2.75, 3.05) is 19.7 Å². The zero-order chi connectivity index (χ0) is 30.2. The van der Waals surface area contributed by atoms with E-state index < -0.39 is 6.04 Å². The van der Waals surface area contributed by atoms with Gasteiger partial charge in [-0.2, -0.15) is 0 Å². The number of carbonyl (C=O) groups is 3. The van der Waals surface area contributed by atoms with E-state index in [0.717, 1.165) is 17.0 Å². The Labute approximate surface area is 262 Å². The lowest BCUT2D eigenvalue weighted by Crippen LogP contribution is -2.45. The number of thiazole rings is 1. The van der Waals surface area contributed by atoms with Gasteiger partial charge in [-0.15, -0.1) is 28.8 Å². The molecule has 0 spiro atoms. The fraction of sp³-hybridized carbons (Fsp3) is 0.517. The average Bonchev–Trinajstić information content (AvgIpc) is 3.61. The van der Waals surface area contributed by atoms with Crippen molar-refractivity contribution in [1.29, 1.82) is 0 Å². The highest BCUT2D eigenvalue weighted by Crippen LogP contribution is 2.24. The molecule has 234 valence electrons. The maximum atomic E-state index is 13.5. The van der Waals surface area contributed by atoms with Gasteiger partial charge in [0.05, 0.1) is 31.0 Å². The summed E-state index contributed by atoms with van der Waals surface area (Å²) in [5.74, 6) is -0.0678. The lowest BCUT2D eigenvalue weighted by atomic mass is 10.1. The molecule has 0 radical (unpaired) electrons. The number of benzene rings is 1. The van der Waals surface area contributed by atoms with Crippen molar-refractivity contribution in [2.45, 2.75) is 72.1 Å². The molecular formula is C29H41ClN8O4S. The molecule has 0 saturated heterocycles. The maximum absolute atomic E-state index is 13.5. The van der Waals surface area contributed by atoms with Crippen LogP contribution in [0.3, 0.4) is 0 Å². The number of carbonyl (C=O) groups excluding carboxylic acids is 3. The molecule has 3 amide bonds. The average molecular weight is 633 g/mol. The van der Waals surface area contributed by atoms with E-state index >= 15 is 0 Å². The number of hydrogen-bond donors (Lipinski definition) is 3. The standard InChI is InChI=1S/C29H40N8O4S.ClH/c1-18(2)13-23(30)28-33-24(17-42-28)29(40)36-10-5-9-31-26(38)20(4)32-27(39)22-8-7-19(3)14-25(22)41-12-6-11-37-16-21(15-36)34-35-37;/h7-8,14,16-18,20,23H,5-6,9-13,15,30H2,1-4H3,(H,31,38)(H,32,39);1H/t20-,23+;/m1./s1. The number of aryl methyl sites for hydroxylation is 2. The molecule has 1 aliphatic heterocycles. The zero-order valence-electron chi connectivity index (χ0n) is 25.0. The molecule has 43 heavy (non-hydrogen) atoms. The van der Waals surface area contributed by atoms with Gasteiger partial charge in [0, 0.05) is 31.4 Å². The zero-order valence-corrected chi connectivity index (χ0v) is 26.7. The summed E-state index contributed by atoms with van der Waals surface area (Å²) in [7, 11) is 0. The smallest absolute Gasteiger partial charge is 0.273 e. The molecule has 2 bridgehead atoms. The quantitative estimate of drug-likeness (QED) is 0.396. The Balaban J connectivity index is 0.00000506. The predicted molar refractivity (Wildman–Crippen MR) is 166 cm³/mol. The van der Waals surface area contributed by atoms with Crippen LogP contribution in [0.5, 0.6) is 5.75 Å². The largest absolute Gasteiger partial charge is 0.493 e. The Morgan fingerprint density at radius 2 is 2.02 bits per heavy atom. The molecule has 2 atom stereocenters. The van der Waals surface area contributed by atoms with Gasteiger partial charge in [-0.05, 0) is 50.3 Å². The third-order valence-corrected chi connectivity index (χ3v) is 7.80. The number of nitrogens with zero attached hydrogens (tertiary/aromatic N) is 5. The normalized spacial score (nSPS) is 17.7. The second-order valence-electron chi connectivity index (χ2n) is 11.0. The van der Waals surface area contributed by atoms with E-state index in [9.17, 15) is 14.4 Å². The van der Waals surface area contributed by atoms with Crippen LogP contribution < -0.4 is 21.1 Å². The van der Waals surface area contributed by atoms with Gasteiger partial charge >= 0.3 is 0 Å². The fourth-order valence-corrected chi connectivity index (χ4v) is 5.42. The first-order chi connectivity index (χ1) is 20.1. The SMILES string of the molecule is Cc1ccc2c(c1)OCCCn1cc(nn1)CN(C(=O)c1csc([C@@H](N)CC(C)C)n1)CCCNC(=O)[C@@H](C)NC2=O.Cl. The van der Waals surface area contributed by atoms with E-state index in [4.69, 9.17) is 10.5 Å². The van der Waals surface area contributed by atoms with Gasteiger partial charge < -0.3 is 26.0 Å². The molecule has 12 nitrogen and oxygen atoms in total. The number of nitrogens with two attached hydrogens (primary N) is 1. The topological polar surface area (TPSA) is 157 Å². The van der Waals surface area contributed by atoms with Crippen molar-refractivity contribution < 1.29 is 19.1 Å². The van der Waals surface area contributed by atoms with Crippen molar-refractivity contribution in [2.24, 2.45) is 11.7 Å². The third kappa shape index (κ3) is 9.47. The summed E-state index contributed by atoms with van der Waals surface area (Å²) in [6, 6.07) is 4.36. The van der Waals surface area contributed by atoms with E-state index in [1.165, 1.54) is 11.3 Å². The number of halogens is 1. The molecule has 14 heteroatoms. The lowest BCUT2D eigenvalue weighted by molar-refractivity contribution is -0.122. The van der Waals surface area contributed by atoms with Gasteiger partial charge in [-0.3, -0.25) is 19.1 Å². The lowest BCUT2D eigenvalue weighted by Gasteiger charge is -2.21. The Morgan fingerprint density at radius 1 is 1.23 bits per heavy atom. The second kappa shape index (κ2) is 15.8. The molecule has 4 rings (SSSR count). The third-order valence-electron chi connectivity index (χ3n) is 6.83. The van der Waals surface area contributed by atoms with E-state index in [1.807, 2.05) is 25.3 Å². The van der Waals surface area contributed by atoms with Crippen molar-refractivity contribution >= 4 is 41.5 Å². The molecule has 3 heterocycles. The summed E-state index contributed by atoms with van der Waals surface area (Å²) < 4.78 is 7.68. The first-order valence-corrected chi connectivity index (χ1v) is 15.2. The van der Waals surface area contributed by atoms with E-state index in [0.29, 0.717) is 67.7 Å². The minimum Gasteiger partial charge on any atom is -0.493 e. The minimum absolute atomic E-state index is 0. The van der Waals surface area contributed by atoms with E-state index in [1.54, 1.807) is 28.0 Å². The van der Waals surface area contributed by atoms with Crippen LogP contribution in [0.4, 0.5) is 0 Å². The number of ether oxygens (including phenoxy) is 1. The van der Waals surface area contributed by atoms with E-state index in [-0.39, 0.29) is 42.7 Å². The summed E-state index contributed by atoms with van der Waals surface area (Å²) in [6.45, 7) is 9.57. The van der Waals surface area contributed by atoms with Crippen LogP contribution in [0.25, 0.3) is 0 Å². The fourth-order valence-electron chi connectivity index (χ4n) is 4.61. The Hall–Kier alpha value is -3.55. The molecule has 3 aromatic rings. The van der Waals surface area contributed by atoms with Gasteiger partial charge in [-0.25, -0.2) is 4.98 Å². The summed E-state index contributed by atoms with van der Waals surface area (Å²) >= 11 is 1.39. The summed E-state index contributed by atoms with van der Waals surface area (Å²) in [5.41, 5.74) is 8.61. The first-order valence-electron chi connectivity index (χ1n) is 14.3.